The summed E-state index contributed by atoms with van der Waals surface area (Å²) in [5, 5.41) is 5.22. The molecule has 130 valence electrons. The van der Waals surface area contributed by atoms with Gasteiger partial charge in [0.1, 0.15) is 17.0 Å². The number of nitrogens with one attached hydrogen (secondary N) is 1. The normalized spacial score (nSPS) is 11.1. The van der Waals surface area contributed by atoms with Crippen LogP contribution >= 0.6 is 38.9 Å². The van der Waals surface area contributed by atoms with Gasteiger partial charge in [-0.25, -0.2) is 9.97 Å². The summed E-state index contributed by atoms with van der Waals surface area (Å²) in [6, 6.07) is 14.2. The van der Waals surface area contributed by atoms with Crippen molar-refractivity contribution in [1.82, 2.24) is 9.97 Å². The first-order valence-corrected chi connectivity index (χ1v) is 10.1. The molecule has 0 unspecified atom stereocenters. The molecule has 0 saturated heterocycles. The van der Waals surface area contributed by atoms with Gasteiger partial charge in [-0.2, -0.15) is 0 Å². The van der Waals surface area contributed by atoms with Crippen molar-refractivity contribution in [2.24, 2.45) is 0 Å². The van der Waals surface area contributed by atoms with Crippen molar-refractivity contribution in [3.05, 3.63) is 68.7 Å². The molecule has 0 aliphatic rings. The van der Waals surface area contributed by atoms with Crippen molar-refractivity contribution in [2.45, 2.75) is 13.8 Å². The quantitative estimate of drug-likeness (QED) is 0.365. The molecular formula is C20H15BrClN3S. The van der Waals surface area contributed by atoms with Gasteiger partial charge in [0.25, 0.3) is 0 Å². The number of nitrogens with zero attached hydrogens (tertiary/aromatic N) is 2. The molecule has 3 nitrogen and oxygen atoms in total. The van der Waals surface area contributed by atoms with E-state index in [9.17, 15) is 0 Å². The first-order chi connectivity index (χ1) is 12.5. The van der Waals surface area contributed by atoms with E-state index in [1.165, 1.54) is 10.4 Å². The standard InChI is InChI=1S/C20H15BrClN3S/c1-11-15(22)4-3-5-16(11)25-19-18-17(13-6-8-14(21)9-7-13)12(2)26-20(18)24-10-23-19/h3-10H,1-2H3,(H,23,24,25). The molecule has 2 heterocycles. The Morgan fingerprint density at radius 3 is 2.58 bits per heavy atom. The Hall–Kier alpha value is -1.95. The zero-order chi connectivity index (χ0) is 18.3. The molecule has 0 bridgehead atoms. The van der Waals surface area contributed by atoms with Gasteiger partial charge >= 0.3 is 0 Å². The maximum atomic E-state index is 6.27. The highest BCUT2D eigenvalue weighted by atomic mass is 79.9. The second-order valence-corrected chi connectivity index (χ2v) is 8.51. The fourth-order valence-electron chi connectivity index (χ4n) is 2.97. The lowest BCUT2D eigenvalue weighted by Crippen LogP contribution is -1.97. The Morgan fingerprint density at radius 1 is 1.04 bits per heavy atom. The fourth-order valence-corrected chi connectivity index (χ4v) is 4.43. The number of hydrogen-bond acceptors (Lipinski definition) is 4. The van der Waals surface area contributed by atoms with E-state index in [1.54, 1.807) is 17.7 Å². The number of halogens is 2. The lowest BCUT2D eigenvalue weighted by molar-refractivity contribution is 1.23. The molecule has 0 spiro atoms. The Bertz CT molecular complexity index is 1110. The lowest BCUT2D eigenvalue weighted by Gasteiger charge is -2.12. The molecule has 0 amide bonds. The number of hydrogen-bond donors (Lipinski definition) is 1. The summed E-state index contributed by atoms with van der Waals surface area (Å²) in [7, 11) is 0. The third kappa shape index (κ3) is 3.11. The number of benzene rings is 2. The highest BCUT2D eigenvalue weighted by Gasteiger charge is 2.17. The molecule has 0 aliphatic carbocycles. The summed E-state index contributed by atoms with van der Waals surface area (Å²) in [5.41, 5.74) is 4.26. The van der Waals surface area contributed by atoms with Gasteiger partial charge in [-0.05, 0) is 49.2 Å². The van der Waals surface area contributed by atoms with E-state index >= 15 is 0 Å². The first kappa shape index (κ1) is 17.5. The molecule has 6 heteroatoms. The van der Waals surface area contributed by atoms with Crippen LogP contribution in [-0.4, -0.2) is 9.97 Å². The fraction of sp³-hybridized carbons (Fsp3) is 0.100. The van der Waals surface area contributed by atoms with Crippen LogP contribution in [0.3, 0.4) is 0 Å². The molecule has 0 aliphatic heterocycles. The maximum absolute atomic E-state index is 6.27. The smallest absolute Gasteiger partial charge is 0.143 e. The molecule has 1 N–H and O–H groups in total. The SMILES string of the molecule is Cc1sc2ncnc(Nc3cccc(Cl)c3C)c2c1-c1ccc(Br)cc1. The summed E-state index contributed by atoms with van der Waals surface area (Å²) in [6.45, 7) is 4.12. The van der Waals surface area contributed by atoms with Gasteiger partial charge in [-0.1, -0.05) is 45.7 Å². The van der Waals surface area contributed by atoms with Crippen molar-refractivity contribution in [1.29, 1.82) is 0 Å². The molecule has 4 aromatic rings. The van der Waals surface area contributed by atoms with E-state index in [0.29, 0.717) is 0 Å². The van der Waals surface area contributed by atoms with Gasteiger partial charge < -0.3 is 5.32 Å². The predicted molar refractivity (Wildman–Crippen MR) is 115 cm³/mol. The van der Waals surface area contributed by atoms with Gasteiger partial charge in [-0.3, -0.25) is 0 Å². The van der Waals surface area contributed by atoms with Crippen LogP contribution in [-0.2, 0) is 0 Å². The summed E-state index contributed by atoms with van der Waals surface area (Å²) >= 11 is 11.5. The molecule has 0 saturated carbocycles. The van der Waals surface area contributed by atoms with Crippen LogP contribution in [0.15, 0.2) is 53.3 Å². The van der Waals surface area contributed by atoms with Crippen molar-refractivity contribution in [3.8, 4) is 11.1 Å². The first-order valence-electron chi connectivity index (χ1n) is 8.07. The summed E-state index contributed by atoms with van der Waals surface area (Å²) < 4.78 is 1.06. The monoisotopic (exact) mass is 443 g/mol. The Balaban J connectivity index is 1.91. The number of fused-ring (bicyclic) bond motifs is 1. The van der Waals surface area contributed by atoms with Crippen molar-refractivity contribution in [2.75, 3.05) is 5.32 Å². The lowest BCUT2D eigenvalue weighted by atomic mass is 10.0. The third-order valence-electron chi connectivity index (χ3n) is 4.32. The van der Waals surface area contributed by atoms with Crippen molar-refractivity contribution in [3.63, 3.8) is 0 Å². The Kier molecular flexibility index (Phi) is 4.69. The van der Waals surface area contributed by atoms with Crippen LogP contribution in [0.1, 0.15) is 10.4 Å². The molecule has 0 atom stereocenters. The van der Waals surface area contributed by atoms with E-state index in [1.807, 2.05) is 25.1 Å². The van der Waals surface area contributed by atoms with Crippen molar-refractivity contribution < 1.29 is 0 Å². The van der Waals surface area contributed by atoms with Crippen molar-refractivity contribution >= 4 is 60.6 Å². The van der Waals surface area contributed by atoms with Gasteiger partial charge in [0.05, 0.1) is 5.39 Å². The minimum Gasteiger partial charge on any atom is -0.339 e. The summed E-state index contributed by atoms with van der Waals surface area (Å²) in [4.78, 5) is 11.2. The number of aromatic nitrogens is 2. The van der Waals surface area contributed by atoms with Gasteiger partial charge in [0.2, 0.25) is 0 Å². The van der Waals surface area contributed by atoms with Crippen LogP contribution in [0.5, 0.6) is 0 Å². The van der Waals surface area contributed by atoms with E-state index in [2.05, 4.69) is 62.4 Å². The zero-order valence-electron chi connectivity index (χ0n) is 14.2. The predicted octanol–water partition coefficient (Wildman–Crippen LogP) is 7.13. The maximum Gasteiger partial charge on any atom is 0.143 e. The molecule has 4 rings (SSSR count). The van der Waals surface area contributed by atoms with Crippen LogP contribution in [0, 0.1) is 13.8 Å². The minimum atomic E-state index is 0.731. The average molecular weight is 445 g/mol. The average Bonchev–Trinajstić information content (AvgIpc) is 2.97. The highest BCUT2D eigenvalue weighted by molar-refractivity contribution is 9.10. The van der Waals surface area contributed by atoms with E-state index in [0.717, 1.165) is 42.3 Å². The van der Waals surface area contributed by atoms with Crippen LogP contribution in [0.25, 0.3) is 21.3 Å². The highest BCUT2D eigenvalue weighted by Crippen LogP contribution is 2.41. The van der Waals surface area contributed by atoms with E-state index in [4.69, 9.17) is 11.6 Å². The number of aryl methyl sites for hydroxylation is 1. The Labute approximate surface area is 169 Å². The van der Waals surface area contributed by atoms with E-state index < -0.39 is 0 Å². The Morgan fingerprint density at radius 2 is 1.81 bits per heavy atom. The number of rotatable bonds is 3. The zero-order valence-corrected chi connectivity index (χ0v) is 17.3. The van der Waals surface area contributed by atoms with Crippen LogP contribution < -0.4 is 5.32 Å². The van der Waals surface area contributed by atoms with Gasteiger partial charge in [-0.15, -0.1) is 11.3 Å². The van der Waals surface area contributed by atoms with Gasteiger partial charge in [0, 0.05) is 25.6 Å². The topological polar surface area (TPSA) is 37.8 Å². The van der Waals surface area contributed by atoms with Crippen LogP contribution in [0.4, 0.5) is 11.5 Å². The third-order valence-corrected chi connectivity index (χ3v) is 6.27. The summed E-state index contributed by atoms with van der Waals surface area (Å²) in [5.74, 6) is 0.794. The van der Waals surface area contributed by atoms with Crippen LogP contribution in [0.2, 0.25) is 5.02 Å². The molecule has 2 aromatic heterocycles. The summed E-state index contributed by atoms with van der Waals surface area (Å²) in [6.07, 6.45) is 1.60. The number of anilines is 2. The molecule has 0 radical (unpaired) electrons. The molecule has 0 fully saturated rings. The second kappa shape index (κ2) is 6.99. The van der Waals surface area contributed by atoms with Gasteiger partial charge in [0.15, 0.2) is 0 Å². The second-order valence-electron chi connectivity index (χ2n) is 5.98. The molecular weight excluding hydrogens is 430 g/mol. The number of thiophene rings is 1. The van der Waals surface area contributed by atoms with E-state index in [-0.39, 0.29) is 0 Å². The minimum absolute atomic E-state index is 0.731. The molecule has 2 aromatic carbocycles. The molecule has 26 heavy (non-hydrogen) atoms. The largest absolute Gasteiger partial charge is 0.339 e.